The zero-order valence-corrected chi connectivity index (χ0v) is 21.9. The minimum Gasteiger partial charge on any atom is -0.489 e. The fraction of sp³-hybridized carbons (Fsp3) is 0.519. The van der Waals surface area contributed by atoms with E-state index < -0.39 is 0 Å². The number of benzene rings is 2. The lowest BCUT2D eigenvalue weighted by atomic mass is 10.0. The average Bonchev–Trinajstić information content (AvgIpc) is 3.15. The molecule has 36 heavy (non-hydrogen) atoms. The fourth-order valence-electron chi connectivity index (χ4n) is 4.91. The van der Waals surface area contributed by atoms with E-state index in [1.165, 1.54) is 0 Å². The largest absolute Gasteiger partial charge is 0.489 e. The van der Waals surface area contributed by atoms with Crippen molar-refractivity contribution in [3.05, 3.63) is 62.2 Å². The van der Waals surface area contributed by atoms with Gasteiger partial charge in [-0.3, -0.25) is 19.8 Å². The summed E-state index contributed by atoms with van der Waals surface area (Å²) >= 11 is 6.49. The second-order valence-corrected chi connectivity index (χ2v) is 10.6. The molecule has 9 heteroatoms. The van der Waals surface area contributed by atoms with Gasteiger partial charge in [0.25, 0.3) is 5.69 Å². The highest BCUT2D eigenvalue weighted by Crippen LogP contribution is 2.38. The van der Waals surface area contributed by atoms with Crippen molar-refractivity contribution in [2.45, 2.75) is 46.7 Å². The van der Waals surface area contributed by atoms with E-state index in [1.54, 1.807) is 19.1 Å². The third kappa shape index (κ3) is 6.28. The van der Waals surface area contributed by atoms with Gasteiger partial charge in [-0.25, -0.2) is 0 Å². The van der Waals surface area contributed by atoms with E-state index in [1.807, 2.05) is 23.1 Å². The van der Waals surface area contributed by atoms with Crippen LogP contribution in [0.15, 0.2) is 30.3 Å². The molecule has 2 heterocycles. The molecule has 0 saturated carbocycles. The fourth-order valence-corrected chi connectivity index (χ4v) is 5.20. The van der Waals surface area contributed by atoms with Gasteiger partial charge in [-0.1, -0.05) is 37.6 Å². The molecule has 1 atom stereocenters. The van der Waals surface area contributed by atoms with Crippen molar-refractivity contribution in [1.29, 1.82) is 0 Å². The number of amides is 1. The molecular weight excluding hydrogens is 482 g/mol. The Kier molecular flexibility index (Phi) is 8.36. The van der Waals surface area contributed by atoms with Crippen molar-refractivity contribution in [3.63, 3.8) is 0 Å². The molecule has 0 bridgehead atoms. The Morgan fingerprint density at radius 3 is 2.75 bits per heavy atom. The Bertz CT molecular complexity index is 1120. The number of likely N-dealkylation sites (tertiary alicyclic amines) is 1. The number of nitro benzene ring substituents is 1. The smallest absolute Gasteiger partial charge is 0.272 e. The van der Waals surface area contributed by atoms with Gasteiger partial charge in [0.2, 0.25) is 5.91 Å². The predicted octanol–water partition coefficient (Wildman–Crippen LogP) is 5.22. The van der Waals surface area contributed by atoms with Crippen LogP contribution >= 0.6 is 11.6 Å². The summed E-state index contributed by atoms with van der Waals surface area (Å²) in [6.45, 7) is 10.2. The van der Waals surface area contributed by atoms with Gasteiger partial charge in [0.15, 0.2) is 11.5 Å². The van der Waals surface area contributed by atoms with E-state index in [-0.39, 0.29) is 22.4 Å². The van der Waals surface area contributed by atoms with Crippen LogP contribution in [0.3, 0.4) is 0 Å². The Morgan fingerprint density at radius 2 is 2.00 bits per heavy atom. The van der Waals surface area contributed by atoms with Crippen LogP contribution in [0, 0.1) is 28.9 Å². The maximum atomic E-state index is 13.6. The summed E-state index contributed by atoms with van der Waals surface area (Å²) in [5.74, 6) is 1.54. The summed E-state index contributed by atoms with van der Waals surface area (Å²) < 4.78 is 11.6. The first-order valence-electron chi connectivity index (χ1n) is 12.5. The minimum atomic E-state index is -0.342. The molecule has 0 aromatic heterocycles. The standard InChI is InChI=1S/C27H34ClN3O5/c1-18(2)14-30(16-21-11-23(28)26-25(13-21)35-9-4-10-36-26)27(32)22-7-8-29(17-22)15-20-6-5-19(3)24(12-20)31(33)34/h5-6,11-13,18,22H,4,7-10,14-17H2,1-3H3/t22-/m1/s1. The molecule has 0 spiro atoms. The number of fused-ring (bicyclic) bond motifs is 1. The van der Waals surface area contributed by atoms with Crippen LogP contribution in [-0.2, 0) is 17.9 Å². The number of halogens is 1. The zero-order chi connectivity index (χ0) is 25.8. The summed E-state index contributed by atoms with van der Waals surface area (Å²) in [6, 6.07) is 9.15. The summed E-state index contributed by atoms with van der Waals surface area (Å²) in [7, 11) is 0. The highest BCUT2D eigenvalue weighted by molar-refractivity contribution is 6.32. The molecule has 194 valence electrons. The van der Waals surface area contributed by atoms with Gasteiger partial charge < -0.3 is 14.4 Å². The van der Waals surface area contributed by atoms with Crippen molar-refractivity contribution in [2.75, 3.05) is 32.8 Å². The van der Waals surface area contributed by atoms with E-state index in [0.717, 1.165) is 30.5 Å². The quantitative estimate of drug-likeness (QED) is 0.354. The molecule has 8 nitrogen and oxygen atoms in total. The number of carbonyl (C=O) groups excluding carboxylic acids is 1. The van der Waals surface area contributed by atoms with E-state index in [4.69, 9.17) is 21.1 Å². The topological polar surface area (TPSA) is 85.2 Å². The SMILES string of the molecule is Cc1ccc(CN2CC[C@@H](C(=O)N(Cc3cc(Cl)c4c(c3)OCCCO4)CC(C)C)C2)cc1[N+](=O)[O-]. The van der Waals surface area contributed by atoms with Crippen LogP contribution < -0.4 is 9.47 Å². The van der Waals surface area contributed by atoms with Crippen LogP contribution in [0.1, 0.15) is 43.4 Å². The molecule has 2 aliphatic rings. The average molecular weight is 516 g/mol. The molecule has 0 unspecified atom stereocenters. The normalized spacial score (nSPS) is 17.8. The molecule has 1 fully saturated rings. The lowest BCUT2D eigenvalue weighted by molar-refractivity contribution is -0.385. The van der Waals surface area contributed by atoms with Crippen LogP contribution in [0.2, 0.25) is 5.02 Å². The second-order valence-electron chi connectivity index (χ2n) is 10.2. The number of nitro groups is 1. The molecule has 2 aliphatic heterocycles. The van der Waals surface area contributed by atoms with E-state index in [0.29, 0.717) is 67.4 Å². The summed E-state index contributed by atoms with van der Waals surface area (Å²) in [5, 5.41) is 11.8. The molecule has 2 aromatic rings. The van der Waals surface area contributed by atoms with Gasteiger partial charge in [0.05, 0.1) is 29.1 Å². The Balaban J connectivity index is 1.44. The van der Waals surface area contributed by atoms with Gasteiger partial charge >= 0.3 is 0 Å². The number of hydrogen-bond acceptors (Lipinski definition) is 6. The van der Waals surface area contributed by atoms with Crippen LogP contribution in [0.5, 0.6) is 11.5 Å². The van der Waals surface area contributed by atoms with Gasteiger partial charge in [0.1, 0.15) is 0 Å². The first-order chi connectivity index (χ1) is 17.2. The van der Waals surface area contributed by atoms with Crippen molar-refractivity contribution in [2.24, 2.45) is 11.8 Å². The molecule has 2 aromatic carbocycles. The van der Waals surface area contributed by atoms with Crippen LogP contribution in [0.4, 0.5) is 5.69 Å². The molecule has 0 aliphatic carbocycles. The van der Waals surface area contributed by atoms with Crippen LogP contribution in [-0.4, -0.2) is 53.5 Å². The number of rotatable bonds is 8. The van der Waals surface area contributed by atoms with Crippen molar-refractivity contribution in [3.8, 4) is 11.5 Å². The van der Waals surface area contributed by atoms with E-state index in [2.05, 4.69) is 18.7 Å². The monoisotopic (exact) mass is 515 g/mol. The van der Waals surface area contributed by atoms with Crippen LogP contribution in [0.25, 0.3) is 0 Å². The number of nitrogens with zero attached hydrogens (tertiary/aromatic N) is 3. The third-order valence-electron chi connectivity index (χ3n) is 6.63. The summed E-state index contributed by atoms with van der Waals surface area (Å²) in [5.41, 5.74) is 2.59. The molecule has 0 N–H and O–H groups in total. The van der Waals surface area contributed by atoms with Gasteiger partial charge in [0, 0.05) is 44.2 Å². The number of hydrogen-bond donors (Lipinski definition) is 0. The lowest BCUT2D eigenvalue weighted by Crippen LogP contribution is -2.39. The van der Waals surface area contributed by atoms with Gasteiger partial charge in [-0.05, 0) is 49.1 Å². The zero-order valence-electron chi connectivity index (χ0n) is 21.2. The molecule has 1 amide bonds. The first-order valence-corrected chi connectivity index (χ1v) is 12.9. The second kappa shape index (κ2) is 11.5. The van der Waals surface area contributed by atoms with Crippen molar-refractivity contribution in [1.82, 2.24) is 9.80 Å². The first kappa shape index (κ1) is 26.2. The summed E-state index contributed by atoms with van der Waals surface area (Å²) in [6.07, 6.45) is 1.57. The Hall–Kier alpha value is -2.84. The lowest BCUT2D eigenvalue weighted by Gasteiger charge is -2.28. The molecular formula is C27H34ClN3O5. The predicted molar refractivity (Wildman–Crippen MR) is 139 cm³/mol. The van der Waals surface area contributed by atoms with Gasteiger partial charge in [-0.15, -0.1) is 0 Å². The van der Waals surface area contributed by atoms with Crippen molar-refractivity contribution < 1.29 is 19.2 Å². The number of aryl methyl sites for hydroxylation is 1. The highest BCUT2D eigenvalue weighted by atomic mass is 35.5. The van der Waals surface area contributed by atoms with Crippen molar-refractivity contribution >= 4 is 23.2 Å². The Labute approximate surface area is 217 Å². The van der Waals surface area contributed by atoms with E-state index in [9.17, 15) is 14.9 Å². The molecule has 4 rings (SSSR count). The molecule has 0 radical (unpaired) electrons. The third-order valence-corrected chi connectivity index (χ3v) is 6.91. The summed E-state index contributed by atoms with van der Waals surface area (Å²) in [4.78, 5) is 28.7. The number of carbonyl (C=O) groups is 1. The number of ether oxygens (including phenoxy) is 2. The highest BCUT2D eigenvalue weighted by Gasteiger charge is 2.32. The maximum Gasteiger partial charge on any atom is 0.272 e. The van der Waals surface area contributed by atoms with E-state index >= 15 is 0 Å². The minimum absolute atomic E-state index is 0.111. The molecule has 1 saturated heterocycles. The van der Waals surface area contributed by atoms with Gasteiger partial charge in [-0.2, -0.15) is 0 Å². The maximum absolute atomic E-state index is 13.6. The Morgan fingerprint density at radius 1 is 1.22 bits per heavy atom.